The Kier molecular flexibility index (Phi) is 10.4. The van der Waals surface area contributed by atoms with Gasteiger partial charge in [-0.2, -0.15) is 10.2 Å². The highest BCUT2D eigenvalue weighted by Crippen LogP contribution is 2.31. The fourth-order valence-corrected chi connectivity index (χ4v) is 6.09. The van der Waals surface area contributed by atoms with Crippen LogP contribution in [0, 0.1) is 11.3 Å². The number of carbonyl (C=O) groups is 1. The predicted molar refractivity (Wildman–Crippen MR) is 172 cm³/mol. The van der Waals surface area contributed by atoms with Crippen LogP contribution >= 0.6 is 0 Å². The summed E-state index contributed by atoms with van der Waals surface area (Å²) in [6.07, 6.45) is -2.46. The molecule has 1 N–H and O–H groups in total. The number of benzene rings is 1. The van der Waals surface area contributed by atoms with Crippen LogP contribution in [0.3, 0.4) is 0 Å². The fourth-order valence-electron chi connectivity index (χ4n) is 6.09. The van der Waals surface area contributed by atoms with Crippen molar-refractivity contribution in [2.45, 2.75) is 37.5 Å². The third-order valence-corrected chi connectivity index (χ3v) is 8.89. The van der Waals surface area contributed by atoms with E-state index in [1.165, 1.54) is 4.90 Å². The Hall–Kier alpha value is -4.65. The smallest absolute Gasteiger partial charge is 0.273 e. The molecule has 2 aromatic heterocycles. The molecule has 48 heavy (non-hydrogen) atoms. The van der Waals surface area contributed by atoms with E-state index < -0.39 is 18.4 Å². The fraction of sp³-hybridized carbons (Fsp3) is 0.485. The van der Waals surface area contributed by atoms with Gasteiger partial charge in [0.15, 0.2) is 6.10 Å². The number of amides is 1. The first kappa shape index (κ1) is 33.3. The van der Waals surface area contributed by atoms with Crippen molar-refractivity contribution in [1.29, 1.82) is 5.26 Å². The maximum absolute atomic E-state index is 13.1. The topological polar surface area (TPSA) is 138 Å². The average molecular weight is 665 g/mol. The second kappa shape index (κ2) is 15.1. The molecular formula is C33H38F2N8O5. The van der Waals surface area contributed by atoms with Crippen LogP contribution in [0.15, 0.2) is 42.6 Å². The van der Waals surface area contributed by atoms with Crippen LogP contribution in [0.5, 0.6) is 11.6 Å². The van der Waals surface area contributed by atoms with Gasteiger partial charge < -0.3 is 34.1 Å². The molecule has 0 unspecified atom stereocenters. The highest BCUT2D eigenvalue weighted by atomic mass is 19.3. The molecule has 3 fully saturated rings. The van der Waals surface area contributed by atoms with Gasteiger partial charge in [-0.05, 0) is 36.4 Å². The summed E-state index contributed by atoms with van der Waals surface area (Å²) in [7, 11) is 2.70. The third kappa shape index (κ3) is 7.40. The van der Waals surface area contributed by atoms with Crippen molar-refractivity contribution in [3.63, 3.8) is 0 Å². The van der Waals surface area contributed by atoms with Gasteiger partial charge in [0.25, 0.3) is 12.3 Å². The van der Waals surface area contributed by atoms with E-state index in [1.807, 2.05) is 12.1 Å². The predicted octanol–water partition coefficient (Wildman–Crippen LogP) is 3.33. The van der Waals surface area contributed by atoms with Crippen LogP contribution in [0.1, 0.15) is 18.4 Å². The molecule has 15 heteroatoms. The number of methoxy groups -OCH3 is 2. The lowest BCUT2D eigenvalue weighted by Gasteiger charge is -2.43. The van der Waals surface area contributed by atoms with Crippen LogP contribution in [-0.4, -0.2) is 122 Å². The molecule has 5 heterocycles. The summed E-state index contributed by atoms with van der Waals surface area (Å²) in [6.45, 7) is 5.80. The number of carbonyl (C=O) groups excluding carboxylic acids is 1. The molecule has 6 rings (SSSR count). The van der Waals surface area contributed by atoms with Crippen molar-refractivity contribution >= 4 is 23.4 Å². The summed E-state index contributed by atoms with van der Waals surface area (Å²) < 4.78 is 48.0. The monoisotopic (exact) mass is 664 g/mol. The number of piperidine rings is 1. The first-order valence-electron chi connectivity index (χ1n) is 15.9. The van der Waals surface area contributed by atoms with Gasteiger partial charge >= 0.3 is 0 Å². The molecule has 3 aromatic rings. The second-order valence-electron chi connectivity index (χ2n) is 11.8. The number of aromatic nitrogens is 3. The van der Waals surface area contributed by atoms with Crippen LogP contribution in [0.2, 0.25) is 0 Å². The summed E-state index contributed by atoms with van der Waals surface area (Å²) in [5, 5.41) is 13.1. The van der Waals surface area contributed by atoms with Crippen LogP contribution < -0.4 is 19.7 Å². The summed E-state index contributed by atoms with van der Waals surface area (Å²) in [5.41, 5.74) is 2.53. The average Bonchev–Trinajstić information content (AvgIpc) is 3.08. The van der Waals surface area contributed by atoms with Gasteiger partial charge in [-0.1, -0.05) is 0 Å². The lowest BCUT2D eigenvalue weighted by atomic mass is 10.1. The number of nitrogens with one attached hydrogen (secondary N) is 1. The third-order valence-electron chi connectivity index (χ3n) is 8.89. The number of halogens is 2. The lowest BCUT2D eigenvalue weighted by molar-refractivity contribution is -0.153. The number of alkyl halides is 2. The summed E-state index contributed by atoms with van der Waals surface area (Å²) in [4.78, 5) is 32.2. The Morgan fingerprint density at radius 1 is 1.04 bits per heavy atom. The molecule has 0 spiro atoms. The van der Waals surface area contributed by atoms with Crippen molar-refractivity contribution in [3.8, 4) is 29.0 Å². The first-order chi connectivity index (χ1) is 23.4. The highest BCUT2D eigenvalue weighted by molar-refractivity contribution is 5.81. The SMILES string of the molecule is COc1nc(Nc2nccc(-c3ccc(OC4CCN(C(=O)[C@H](OC)C(F)F)CC4)c(C#N)c3)n2)ccc1N1CCN(C2COC2)CC1. The van der Waals surface area contributed by atoms with Crippen LogP contribution in [0.25, 0.3) is 11.3 Å². The van der Waals surface area contributed by atoms with Crippen molar-refractivity contribution < 1.29 is 32.5 Å². The molecule has 0 aliphatic carbocycles. The Morgan fingerprint density at radius 2 is 1.81 bits per heavy atom. The van der Waals surface area contributed by atoms with Gasteiger partial charge in [0.1, 0.15) is 29.4 Å². The minimum Gasteiger partial charge on any atom is -0.489 e. The van der Waals surface area contributed by atoms with Gasteiger partial charge in [0.2, 0.25) is 11.8 Å². The van der Waals surface area contributed by atoms with Gasteiger partial charge in [0.05, 0.1) is 37.6 Å². The van der Waals surface area contributed by atoms with Gasteiger partial charge in [-0.25, -0.2) is 18.7 Å². The molecular weight excluding hydrogens is 626 g/mol. The minimum absolute atomic E-state index is 0.254. The van der Waals surface area contributed by atoms with Gasteiger partial charge in [-0.15, -0.1) is 0 Å². The number of ether oxygens (including phenoxy) is 4. The van der Waals surface area contributed by atoms with Gasteiger partial charge in [-0.3, -0.25) is 9.69 Å². The standard InChI is InChI=1S/C33H38F2N8O5/c1-45-29(30(34)35)32(44)43-11-8-24(9-12-43)48-27-5-3-21(17-22(27)18-36)25-7-10-37-33(38-25)40-28-6-4-26(31(39-28)46-2)42-15-13-41(14-16-42)23-19-47-20-23/h3-7,10,17,23-24,29-30H,8-9,11-16,19-20H2,1-2H3,(H,37,38,39,40)/t29-/m1/s1. The number of hydrogen-bond donors (Lipinski definition) is 1. The molecule has 3 aliphatic heterocycles. The normalized spacial score (nSPS) is 18.2. The maximum atomic E-state index is 13.1. The van der Waals surface area contributed by atoms with Crippen molar-refractivity contribution in [2.24, 2.45) is 0 Å². The van der Waals surface area contributed by atoms with E-state index in [1.54, 1.807) is 37.6 Å². The molecule has 0 radical (unpaired) electrons. The lowest BCUT2D eigenvalue weighted by Crippen LogP contribution is -2.56. The maximum Gasteiger partial charge on any atom is 0.273 e. The van der Waals surface area contributed by atoms with Crippen LogP contribution in [-0.2, 0) is 14.3 Å². The van der Waals surface area contributed by atoms with E-state index in [0.717, 1.165) is 52.2 Å². The Labute approximate surface area is 277 Å². The molecule has 254 valence electrons. The molecule has 3 aliphatic rings. The summed E-state index contributed by atoms with van der Waals surface area (Å²) in [5.74, 6) is 1.03. The zero-order valence-corrected chi connectivity index (χ0v) is 26.8. The molecule has 13 nitrogen and oxygen atoms in total. The minimum atomic E-state index is -2.90. The zero-order valence-electron chi connectivity index (χ0n) is 26.8. The van der Waals surface area contributed by atoms with E-state index in [2.05, 4.69) is 40.9 Å². The second-order valence-corrected chi connectivity index (χ2v) is 11.8. The molecule has 0 saturated carbocycles. The number of piperazine rings is 1. The van der Waals surface area contributed by atoms with Crippen molar-refractivity contribution in [3.05, 3.63) is 48.2 Å². The number of anilines is 3. The quantitative estimate of drug-likeness (QED) is 0.322. The number of rotatable bonds is 11. The van der Waals surface area contributed by atoms with E-state index in [-0.39, 0.29) is 19.2 Å². The largest absolute Gasteiger partial charge is 0.489 e. The zero-order chi connectivity index (χ0) is 33.6. The highest BCUT2D eigenvalue weighted by Gasteiger charge is 2.35. The van der Waals surface area contributed by atoms with E-state index >= 15 is 0 Å². The van der Waals surface area contributed by atoms with Gasteiger partial charge in [0, 0.05) is 71.0 Å². The van der Waals surface area contributed by atoms with E-state index in [9.17, 15) is 18.8 Å². The summed E-state index contributed by atoms with van der Waals surface area (Å²) in [6, 6.07) is 13.5. The first-order valence-corrected chi connectivity index (χ1v) is 15.9. The molecule has 3 saturated heterocycles. The number of nitriles is 1. The van der Waals surface area contributed by atoms with E-state index in [0.29, 0.717) is 59.1 Å². The van der Waals surface area contributed by atoms with Crippen molar-refractivity contribution in [2.75, 3.05) is 76.9 Å². The number of nitrogens with zero attached hydrogens (tertiary/aromatic N) is 7. The molecule has 1 atom stereocenters. The molecule has 1 amide bonds. The number of likely N-dealkylation sites (tertiary alicyclic amines) is 1. The van der Waals surface area contributed by atoms with Crippen LogP contribution in [0.4, 0.5) is 26.2 Å². The Bertz CT molecular complexity index is 1620. The molecule has 0 bridgehead atoms. The molecule has 1 aromatic carbocycles. The Balaban J connectivity index is 1.08. The van der Waals surface area contributed by atoms with Crippen molar-refractivity contribution in [1.82, 2.24) is 24.8 Å². The van der Waals surface area contributed by atoms with E-state index in [4.69, 9.17) is 14.2 Å². The Morgan fingerprint density at radius 3 is 2.46 bits per heavy atom. The summed E-state index contributed by atoms with van der Waals surface area (Å²) >= 11 is 0. The number of pyridine rings is 1. The number of hydrogen-bond acceptors (Lipinski definition) is 12.